The molecule has 0 aliphatic rings. The van der Waals surface area contributed by atoms with Gasteiger partial charge in [-0.1, -0.05) is 11.6 Å². The molecule has 0 saturated carbocycles. The van der Waals surface area contributed by atoms with Crippen LogP contribution < -0.4 is 16.4 Å². The summed E-state index contributed by atoms with van der Waals surface area (Å²) in [4.78, 5) is 83.2. The van der Waals surface area contributed by atoms with Gasteiger partial charge in [0.1, 0.15) is 22.8 Å². The summed E-state index contributed by atoms with van der Waals surface area (Å²) in [6.45, 7) is 0.652. The minimum atomic E-state index is -5.02. The Kier molecular flexibility index (Phi) is 27.1. The molecular formula is C57H42F17N7O16. The minimum absolute atomic E-state index is 0.00471. The zero-order valence-electron chi connectivity index (χ0n) is 48.6. The Morgan fingerprint density at radius 3 is 1.01 bits per heavy atom. The van der Waals surface area contributed by atoms with Gasteiger partial charge in [-0.05, 0) is 96.4 Å². The molecule has 40 heteroatoms. The lowest BCUT2D eigenvalue weighted by atomic mass is 10.0. The first-order valence-electron chi connectivity index (χ1n) is 25.6. The van der Waals surface area contributed by atoms with Crippen LogP contribution in [0.4, 0.5) is 109 Å². The third-order valence-corrected chi connectivity index (χ3v) is 12.0. The number of nitrogens with one attached hydrogen (secondary N) is 2. The zero-order chi connectivity index (χ0) is 74.0. The number of carbonyl (C=O) groups is 4. The highest BCUT2D eigenvalue weighted by Crippen LogP contribution is 2.39. The number of non-ortho nitro benzene ring substituents is 4. The fourth-order valence-corrected chi connectivity index (χ4v) is 7.52. The number of halogens is 17. The van der Waals surface area contributed by atoms with Gasteiger partial charge in [0.2, 0.25) is 0 Å². The van der Waals surface area contributed by atoms with Crippen LogP contribution in [0.15, 0.2) is 127 Å². The number of nitro groups is 4. The summed E-state index contributed by atoms with van der Waals surface area (Å²) in [5.74, 6) is -6.84. The van der Waals surface area contributed by atoms with Crippen molar-refractivity contribution >= 4 is 58.0 Å². The van der Waals surface area contributed by atoms with Crippen LogP contribution in [-0.2, 0) is 60.0 Å². The van der Waals surface area contributed by atoms with E-state index in [1.807, 2.05) is 0 Å². The normalized spacial score (nSPS) is 11.2. The number of esters is 2. The topological polar surface area (TPSA) is 350 Å². The smallest absolute Gasteiger partial charge is 0.416 e. The molecule has 7 rings (SSSR count). The summed E-state index contributed by atoms with van der Waals surface area (Å²) in [5, 5.41) is 64.5. The van der Waals surface area contributed by atoms with Crippen molar-refractivity contribution in [2.45, 2.75) is 57.4 Å². The van der Waals surface area contributed by atoms with Gasteiger partial charge < -0.3 is 36.1 Å². The van der Waals surface area contributed by atoms with Crippen LogP contribution in [0, 0.1) is 59.0 Å². The number of hydrogen-bond donors (Lipinski definition) is 5. The predicted molar refractivity (Wildman–Crippen MR) is 301 cm³/mol. The van der Waals surface area contributed by atoms with Crippen molar-refractivity contribution in [1.29, 1.82) is 0 Å². The fourth-order valence-electron chi connectivity index (χ4n) is 7.52. The molecule has 0 bridgehead atoms. The Bertz CT molecular complexity index is 4020. The molecule has 0 amide bonds. The number of ether oxygens (including phenoxy) is 2. The van der Waals surface area contributed by atoms with Gasteiger partial charge in [-0.15, -0.1) is 0 Å². The second kappa shape index (κ2) is 33.0. The molecule has 0 fully saturated rings. The number of methoxy groups -OCH3 is 2. The standard InChI is InChI=1S/C17H12F6N2O4.C16H10F6N2O4.C9H10F3N.C8H6FNO4.C7H4FNO4/c1-29-15(26)13-7-12(25(27)28)2-3-14(13)24-8-9-4-10(16(18,19)20)6-11(5-9)17(21,22)23;17-15(18,19)9-3-8(4-10(5-9)16(20,21)22)7-23-13-2-1-11(24(27)28)6-12(13)14(25)26;1-6-2-7(5-13)4-8(3-6)9(10,11)12;1-14-8(11)6-4-5(10(12)13)2-3-7(6)9;8-6-2-1-4(9(12)13)3-5(6)7(10)11/h2-7,24H,8H2,1H3;1-6,23H,7H2,(H,25,26);2-4H,5,13H2,1H3;2-4H,1H3;1-3H,(H,10,11). The average molecular weight is 1400 g/mol. The minimum Gasteiger partial charge on any atom is -0.478 e. The van der Waals surface area contributed by atoms with Crippen molar-refractivity contribution in [2.24, 2.45) is 5.73 Å². The number of nitrogens with zero attached hydrogens (tertiary/aromatic N) is 4. The average Bonchev–Trinajstić information content (AvgIpc) is 0.817. The molecule has 7 aromatic carbocycles. The SMILES string of the molecule is COC(=O)c1cc([N+](=O)[O-])ccc1F.COC(=O)c1cc([N+](=O)[O-])ccc1NCc1cc(C(F)(F)F)cc(C(F)(F)F)c1.Cc1cc(CN)cc(C(F)(F)F)c1.O=C(O)c1cc([N+](=O)[O-])ccc1F.O=C(O)c1cc([N+](=O)[O-])ccc1NCc1cc(C(F)(F)F)cc(C(F)(F)F)c1. The summed E-state index contributed by atoms with van der Waals surface area (Å²) < 4.78 is 226. The molecule has 23 nitrogen and oxygen atoms in total. The van der Waals surface area contributed by atoms with Gasteiger partial charge in [-0.2, -0.15) is 65.9 Å². The van der Waals surface area contributed by atoms with Crippen LogP contribution in [0.2, 0.25) is 0 Å². The number of nitro benzene ring substituents is 4. The number of alkyl halides is 15. The second-order valence-electron chi connectivity index (χ2n) is 18.9. The summed E-state index contributed by atoms with van der Waals surface area (Å²) in [6.07, 6.45) is -24.3. The highest BCUT2D eigenvalue weighted by Gasteiger charge is 2.39. The number of carboxylic acid groups (broad SMARTS) is 2. The lowest BCUT2D eigenvalue weighted by Gasteiger charge is -2.15. The summed E-state index contributed by atoms with van der Waals surface area (Å²) in [6, 6.07) is 16.5. The van der Waals surface area contributed by atoms with E-state index < -0.39 is 166 Å². The first kappa shape index (κ1) is 79.6. The first-order chi connectivity index (χ1) is 44.6. The fraction of sp³-hybridized carbons (Fsp3) is 0.193. The van der Waals surface area contributed by atoms with E-state index in [4.69, 9.17) is 15.9 Å². The maximum Gasteiger partial charge on any atom is 0.416 e. The molecular weight excluding hydrogens is 1360 g/mol. The molecule has 0 aliphatic carbocycles. The van der Waals surface area contributed by atoms with Crippen LogP contribution in [-0.4, -0.2) is 68.0 Å². The summed E-state index contributed by atoms with van der Waals surface area (Å²) in [5.41, 5.74) is -5.10. The maximum atomic E-state index is 12.9. The lowest BCUT2D eigenvalue weighted by Crippen LogP contribution is -2.13. The molecule has 520 valence electrons. The first-order valence-corrected chi connectivity index (χ1v) is 25.6. The van der Waals surface area contributed by atoms with Crippen molar-refractivity contribution in [3.63, 3.8) is 0 Å². The molecule has 7 aromatic rings. The number of rotatable bonds is 15. The second-order valence-corrected chi connectivity index (χ2v) is 18.9. The Morgan fingerprint density at radius 1 is 0.412 bits per heavy atom. The van der Waals surface area contributed by atoms with E-state index in [9.17, 15) is 134 Å². The molecule has 6 N–H and O–H groups in total. The van der Waals surface area contributed by atoms with Crippen molar-refractivity contribution < 1.29 is 133 Å². The van der Waals surface area contributed by atoms with Gasteiger partial charge in [0, 0.05) is 79.5 Å². The van der Waals surface area contributed by atoms with Crippen LogP contribution >= 0.6 is 0 Å². The summed E-state index contributed by atoms with van der Waals surface area (Å²) in [7, 11) is 2.08. The Labute approximate surface area is 530 Å². The number of nitrogens with two attached hydrogens (primary N) is 1. The van der Waals surface area contributed by atoms with E-state index in [1.165, 1.54) is 0 Å². The van der Waals surface area contributed by atoms with Crippen molar-refractivity contribution in [3.8, 4) is 0 Å². The molecule has 0 heterocycles. The molecule has 0 aromatic heterocycles. The number of anilines is 2. The number of carboxylic acids is 2. The van der Waals surface area contributed by atoms with E-state index in [2.05, 4.69) is 20.1 Å². The zero-order valence-corrected chi connectivity index (χ0v) is 48.6. The van der Waals surface area contributed by atoms with Gasteiger partial charge in [-0.25, -0.2) is 28.0 Å². The van der Waals surface area contributed by atoms with E-state index in [1.54, 1.807) is 13.0 Å². The van der Waals surface area contributed by atoms with E-state index in [0.717, 1.165) is 93.1 Å². The van der Waals surface area contributed by atoms with Crippen LogP contribution in [0.25, 0.3) is 0 Å². The number of carbonyl (C=O) groups excluding carboxylic acids is 2. The molecule has 0 unspecified atom stereocenters. The Morgan fingerprint density at radius 2 is 0.691 bits per heavy atom. The van der Waals surface area contributed by atoms with Gasteiger partial charge in [-0.3, -0.25) is 40.5 Å². The molecule has 0 spiro atoms. The largest absolute Gasteiger partial charge is 0.478 e. The summed E-state index contributed by atoms with van der Waals surface area (Å²) >= 11 is 0. The number of aryl methyl sites for hydroxylation is 1. The third kappa shape index (κ3) is 24.0. The molecule has 0 radical (unpaired) electrons. The van der Waals surface area contributed by atoms with Crippen LogP contribution in [0.1, 0.15) is 91.5 Å². The predicted octanol–water partition coefficient (Wildman–Crippen LogP) is 15.4. The molecule has 0 saturated heterocycles. The highest BCUT2D eigenvalue weighted by atomic mass is 19.4. The van der Waals surface area contributed by atoms with Crippen molar-refractivity contribution in [2.75, 3.05) is 24.9 Å². The van der Waals surface area contributed by atoms with Crippen molar-refractivity contribution in [1.82, 2.24) is 0 Å². The number of hydrogen-bond acceptors (Lipinski definition) is 17. The van der Waals surface area contributed by atoms with E-state index >= 15 is 0 Å². The number of aromatic carboxylic acids is 2. The van der Waals surface area contributed by atoms with Crippen LogP contribution in [0.5, 0.6) is 0 Å². The van der Waals surface area contributed by atoms with Gasteiger partial charge in [0.25, 0.3) is 22.7 Å². The van der Waals surface area contributed by atoms with Crippen LogP contribution in [0.3, 0.4) is 0 Å². The van der Waals surface area contributed by atoms with Gasteiger partial charge >= 0.3 is 54.8 Å². The van der Waals surface area contributed by atoms with Gasteiger partial charge in [0.15, 0.2) is 0 Å². The number of benzene rings is 7. The molecule has 0 aliphatic heterocycles. The molecule has 97 heavy (non-hydrogen) atoms. The van der Waals surface area contributed by atoms with Gasteiger partial charge in [0.05, 0.1) is 72.9 Å². The Balaban J connectivity index is 0.000000332. The van der Waals surface area contributed by atoms with E-state index in [0.29, 0.717) is 41.5 Å². The maximum absolute atomic E-state index is 12.9. The molecule has 0 atom stereocenters. The van der Waals surface area contributed by atoms with Crippen molar-refractivity contribution in [3.05, 3.63) is 252 Å². The monoisotopic (exact) mass is 1400 g/mol. The highest BCUT2D eigenvalue weighted by molar-refractivity contribution is 5.97. The Hall–Kier alpha value is -11.6. The van der Waals surface area contributed by atoms with E-state index in [-0.39, 0.29) is 46.9 Å². The third-order valence-electron chi connectivity index (χ3n) is 12.0. The quantitative estimate of drug-likeness (QED) is 0.0275. The lowest BCUT2D eigenvalue weighted by molar-refractivity contribution is -0.385.